The predicted molar refractivity (Wildman–Crippen MR) is 72.4 cm³/mol. The molecule has 2 nitrogen and oxygen atoms in total. The smallest absolute Gasteiger partial charge is 0.103 e. The lowest BCUT2D eigenvalue weighted by Gasteiger charge is -2.38. The van der Waals surface area contributed by atoms with Gasteiger partial charge in [-0.1, -0.05) is 11.6 Å². The molecule has 1 fully saturated rings. The Morgan fingerprint density at radius 1 is 1.56 bits per heavy atom. The molecule has 16 heavy (non-hydrogen) atoms. The molecular weight excluding hydrogens is 216 g/mol. The first-order valence-electron chi connectivity index (χ1n) is 6.51. The number of rotatable bonds is 3. The summed E-state index contributed by atoms with van der Waals surface area (Å²) in [6.07, 6.45) is 11.6. The lowest BCUT2D eigenvalue weighted by atomic mass is 9.87. The Morgan fingerprint density at radius 2 is 2.44 bits per heavy atom. The Morgan fingerprint density at radius 3 is 3.12 bits per heavy atom. The van der Waals surface area contributed by atoms with Gasteiger partial charge in [-0.25, -0.2) is 0 Å². The number of hydrogen-bond acceptors (Lipinski definition) is 3. The number of nitrogens with one attached hydrogen (secondary N) is 1. The van der Waals surface area contributed by atoms with Crippen LogP contribution in [0.15, 0.2) is 11.6 Å². The van der Waals surface area contributed by atoms with Crippen molar-refractivity contribution in [2.75, 3.05) is 5.75 Å². The lowest BCUT2D eigenvalue weighted by Crippen LogP contribution is -2.54. The monoisotopic (exact) mass is 240 g/mol. The molecule has 0 spiro atoms. The van der Waals surface area contributed by atoms with Gasteiger partial charge >= 0.3 is 0 Å². The third-order valence-electron chi connectivity index (χ3n) is 3.82. The van der Waals surface area contributed by atoms with E-state index in [9.17, 15) is 0 Å². The zero-order chi connectivity index (χ0) is 11.4. The van der Waals surface area contributed by atoms with Crippen LogP contribution in [0.5, 0.6) is 0 Å². The van der Waals surface area contributed by atoms with E-state index in [1.165, 1.54) is 50.7 Å². The van der Waals surface area contributed by atoms with Crippen molar-refractivity contribution in [1.29, 1.82) is 0 Å². The van der Waals surface area contributed by atoms with Gasteiger partial charge in [-0.15, -0.1) is 11.8 Å². The largest absolute Gasteiger partial charge is 0.307 e. The van der Waals surface area contributed by atoms with E-state index in [4.69, 9.17) is 5.73 Å². The molecule has 0 bridgehead atoms. The Balaban J connectivity index is 1.81. The van der Waals surface area contributed by atoms with E-state index in [0.717, 1.165) is 0 Å². The maximum absolute atomic E-state index is 5.96. The quantitative estimate of drug-likeness (QED) is 0.745. The van der Waals surface area contributed by atoms with Gasteiger partial charge in [0.2, 0.25) is 0 Å². The molecule has 0 aromatic carbocycles. The zero-order valence-electron chi connectivity index (χ0n) is 10.3. The highest BCUT2D eigenvalue weighted by atomic mass is 32.2. The summed E-state index contributed by atoms with van der Waals surface area (Å²) in [4.78, 5) is 0. The maximum Gasteiger partial charge on any atom is 0.103 e. The third-order valence-corrected chi connectivity index (χ3v) is 4.74. The molecule has 0 amide bonds. The van der Waals surface area contributed by atoms with E-state index in [1.54, 1.807) is 5.57 Å². The minimum atomic E-state index is 0.138. The van der Waals surface area contributed by atoms with Gasteiger partial charge in [-0.2, -0.15) is 0 Å². The molecule has 0 radical (unpaired) electrons. The molecule has 2 rings (SSSR count). The van der Waals surface area contributed by atoms with Gasteiger partial charge in [0.1, 0.15) is 5.50 Å². The van der Waals surface area contributed by atoms with Crippen LogP contribution >= 0.6 is 11.8 Å². The first-order valence-corrected chi connectivity index (χ1v) is 7.56. The van der Waals surface area contributed by atoms with Crippen LogP contribution in [0.2, 0.25) is 0 Å². The Kier molecular flexibility index (Phi) is 4.34. The van der Waals surface area contributed by atoms with E-state index >= 15 is 0 Å². The van der Waals surface area contributed by atoms with Gasteiger partial charge in [-0.05, 0) is 57.6 Å². The molecule has 3 heteroatoms. The van der Waals surface area contributed by atoms with Crippen molar-refractivity contribution in [3.8, 4) is 0 Å². The average Bonchev–Trinajstić information content (AvgIpc) is 2.28. The van der Waals surface area contributed by atoms with Crippen molar-refractivity contribution in [3.05, 3.63) is 11.6 Å². The van der Waals surface area contributed by atoms with Crippen LogP contribution in [-0.2, 0) is 0 Å². The fraction of sp³-hybridized carbons (Fsp3) is 0.846. The third kappa shape index (κ3) is 3.51. The normalized spacial score (nSPS) is 35.9. The van der Waals surface area contributed by atoms with Crippen LogP contribution in [-0.4, -0.2) is 16.8 Å². The fourth-order valence-electron chi connectivity index (χ4n) is 2.63. The van der Waals surface area contributed by atoms with E-state index < -0.39 is 0 Å². The van der Waals surface area contributed by atoms with Crippen LogP contribution in [0.3, 0.4) is 0 Å². The second kappa shape index (κ2) is 5.56. The van der Waals surface area contributed by atoms with E-state index in [0.29, 0.717) is 0 Å². The van der Waals surface area contributed by atoms with Gasteiger partial charge in [0, 0.05) is 5.54 Å². The number of thioether (sulfide) groups is 1. The Bertz CT molecular complexity index is 265. The molecule has 2 atom stereocenters. The fourth-order valence-corrected chi connectivity index (χ4v) is 3.82. The van der Waals surface area contributed by atoms with Crippen LogP contribution in [0.25, 0.3) is 0 Å². The first kappa shape index (κ1) is 12.5. The topological polar surface area (TPSA) is 38.0 Å². The minimum absolute atomic E-state index is 0.138. The van der Waals surface area contributed by atoms with Crippen molar-refractivity contribution in [2.24, 2.45) is 5.73 Å². The SMILES string of the molecule is CC1(CCC2=CCCCC2)CCSC(N)N1. The molecule has 1 aliphatic carbocycles. The summed E-state index contributed by atoms with van der Waals surface area (Å²) in [5.41, 5.74) is 8.04. The highest BCUT2D eigenvalue weighted by Gasteiger charge is 2.29. The molecule has 2 aliphatic rings. The molecule has 0 saturated carbocycles. The molecule has 3 N–H and O–H groups in total. The lowest BCUT2D eigenvalue weighted by molar-refractivity contribution is 0.304. The van der Waals surface area contributed by atoms with Crippen LogP contribution < -0.4 is 11.1 Å². The summed E-state index contributed by atoms with van der Waals surface area (Å²) in [5.74, 6) is 1.20. The van der Waals surface area contributed by atoms with E-state index in [1.807, 2.05) is 11.8 Å². The van der Waals surface area contributed by atoms with Crippen molar-refractivity contribution in [2.45, 2.75) is 62.9 Å². The molecule has 0 aromatic rings. The van der Waals surface area contributed by atoms with Crippen LogP contribution in [0.4, 0.5) is 0 Å². The van der Waals surface area contributed by atoms with Gasteiger partial charge in [-0.3, -0.25) is 5.32 Å². The minimum Gasteiger partial charge on any atom is -0.307 e. The number of allylic oxidation sites excluding steroid dienone is 2. The second-order valence-electron chi connectivity index (χ2n) is 5.35. The molecule has 2 unspecified atom stereocenters. The standard InChI is InChI=1S/C13H24N2S/c1-13(9-10-16-12(14)15-13)8-7-11-5-3-2-4-6-11/h5,12,15H,2-4,6-10,14H2,1H3. The maximum atomic E-state index is 5.96. The molecule has 92 valence electrons. The zero-order valence-corrected chi connectivity index (χ0v) is 11.1. The predicted octanol–water partition coefficient (Wildman–Crippen LogP) is 2.99. The van der Waals surface area contributed by atoms with Crippen molar-refractivity contribution >= 4 is 11.8 Å². The van der Waals surface area contributed by atoms with Gasteiger partial charge in [0.25, 0.3) is 0 Å². The molecular formula is C13H24N2S. The summed E-state index contributed by atoms with van der Waals surface area (Å²) < 4.78 is 0. The summed E-state index contributed by atoms with van der Waals surface area (Å²) >= 11 is 1.83. The van der Waals surface area contributed by atoms with E-state index in [2.05, 4.69) is 18.3 Å². The summed E-state index contributed by atoms with van der Waals surface area (Å²) in [6.45, 7) is 2.33. The second-order valence-corrected chi connectivity index (χ2v) is 6.60. The number of hydrogen-bond donors (Lipinski definition) is 2. The van der Waals surface area contributed by atoms with Crippen molar-refractivity contribution < 1.29 is 0 Å². The molecule has 1 heterocycles. The van der Waals surface area contributed by atoms with Gasteiger partial charge < -0.3 is 5.73 Å². The van der Waals surface area contributed by atoms with Crippen LogP contribution in [0, 0.1) is 0 Å². The highest BCUT2D eigenvalue weighted by Crippen LogP contribution is 2.30. The molecule has 1 saturated heterocycles. The van der Waals surface area contributed by atoms with Gasteiger partial charge in [0.15, 0.2) is 0 Å². The Labute approximate surface area is 103 Å². The van der Waals surface area contributed by atoms with Crippen molar-refractivity contribution in [3.63, 3.8) is 0 Å². The number of nitrogens with two attached hydrogens (primary N) is 1. The summed E-state index contributed by atoms with van der Waals surface area (Å²) in [5, 5.41) is 3.55. The first-order chi connectivity index (χ1) is 7.68. The van der Waals surface area contributed by atoms with Crippen molar-refractivity contribution in [1.82, 2.24) is 5.32 Å². The van der Waals surface area contributed by atoms with Gasteiger partial charge in [0.05, 0.1) is 0 Å². The average molecular weight is 240 g/mol. The van der Waals surface area contributed by atoms with E-state index in [-0.39, 0.29) is 11.0 Å². The van der Waals surface area contributed by atoms with Crippen LogP contribution in [0.1, 0.15) is 51.9 Å². The summed E-state index contributed by atoms with van der Waals surface area (Å²) in [6, 6.07) is 0. The molecule has 0 aromatic heterocycles. The summed E-state index contributed by atoms with van der Waals surface area (Å²) in [7, 11) is 0. The Hall–Kier alpha value is 0.01000. The highest BCUT2D eigenvalue weighted by molar-refractivity contribution is 7.99. The molecule has 1 aliphatic heterocycles.